The summed E-state index contributed by atoms with van der Waals surface area (Å²) >= 11 is 0. The number of benzene rings is 1. The van der Waals surface area contributed by atoms with Crippen LogP contribution in [-0.4, -0.2) is 13.4 Å². The Morgan fingerprint density at radius 3 is 2.86 bits per heavy atom. The first-order valence-corrected chi connectivity index (χ1v) is 7.95. The minimum Gasteiger partial charge on any atom is -0.399 e. The van der Waals surface area contributed by atoms with Gasteiger partial charge in [0.1, 0.15) is 10.7 Å². The maximum atomic E-state index is 13.1. The molecule has 1 heterocycles. The third-order valence-corrected chi connectivity index (χ3v) is 4.97. The van der Waals surface area contributed by atoms with E-state index in [0.717, 1.165) is 36.0 Å². The molecule has 0 fully saturated rings. The second kappa shape index (κ2) is 5.09. The van der Waals surface area contributed by atoms with Crippen LogP contribution in [-0.2, 0) is 16.4 Å². The van der Waals surface area contributed by atoms with Crippen LogP contribution in [0, 0.1) is 5.82 Å². The first kappa shape index (κ1) is 14.0. The highest BCUT2D eigenvalue weighted by atomic mass is 32.2. The summed E-state index contributed by atoms with van der Waals surface area (Å²) in [6, 6.07) is 6.06. The minimum atomic E-state index is -3.80. The van der Waals surface area contributed by atoms with Crippen LogP contribution in [0.25, 0.3) is 0 Å². The normalized spacial score (nSPS) is 17.7. The summed E-state index contributed by atoms with van der Waals surface area (Å²) in [6.07, 6.45) is 3.51. The zero-order valence-electron chi connectivity index (χ0n) is 11.1. The van der Waals surface area contributed by atoms with Gasteiger partial charge in [-0.25, -0.2) is 17.5 Å². The molecule has 5 nitrogen and oxygen atoms in total. The van der Waals surface area contributed by atoms with Crippen LogP contribution in [0.15, 0.2) is 41.6 Å². The number of nitrogens with two attached hydrogens (primary N) is 1. The fourth-order valence-corrected chi connectivity index (χ4v) is 3.78. The van der Waals surface area contributed by atoms with Crippen LogP contribution in [0.5, 0.6) is 0 Å². The van der Waals surface area contributed by atoms with Crippen molar-refractivity contribution in [2.75, 3.05) is 5.73 Å². The highest BCUT2D eigenvalue weighted by Gasteiger charge is 2.27. The monoisotopic (exact) mass is 307 g/mol. The molecule has 0 saturated heterocycles. The van der Waals surface area contributed by atoms with Crippen molar-refractivity contribution in [3.8, 4) is 0 Å². The molecule has 0 saturated carbocycles. The number of halogens is 1. The molecule has 1 aromatic carbocycles. The van der Waals surface area contributed by atoms with Crippen molar-refractivity contribution in [1.82, 2.24) is 9.71 Å². The number of aromatic nitrogens is 1. The maximum absolute atomic E-state index is 13.1. The van der Waals surface area contributed by atoms with Crippen molar-refractivity contribution in [3.05, 3.63) is 53.6 Å². The topological polar surface area (TPSA) is 85.1 Å². The van der Waals surface area contributed by atoms with E-state index in [1.807, 2.05) is 12.1 Å². The highest BCUT2D eigenvalue weighted by molar-refractivity contribution is 7.89. The van der Waals surface area contributed by atoms with E-state index >= 15 is 0 Å². The average Bonchev–Trinajstić information content (AvgIpc) is 2.80. The Morgan fingerprint density at radius 1 is 1.29 bits per heavy atom. The van der Waals surface area contributed by atoms with Crippen molar-refractivity contribution in [1.29, 1.82) is 0 Å². The molecule has 0 aliphatic heterocycles. The number of hydrogen-bond donors (Lipinski definition) is 2. The van der Waals surface area contributed by atoms with Gasteiger partial charge in [-0.2, -0.15) is 0 Å². The molecule has 7 heteroatoms. The number of sulfonamides is 1. The van der Waals surface area contributed by atoms with Gasteiger partial charge in [0.15, 0.2) is 0 Å². The van der Waals surface area contributed by atoms with Crippen LogP contribution < -0.4 is 10.5 Å². The van der Waals surface area contributed by atoms with E-state index < -0.39 is 15.8 Å². The number of nitrogens with one attached hydrogen (secondary N) is 1. The van der Waals surface area contributed by atoms with Crippen molar-refractivity contribution < 1.29 is 12.8 Å². The summed E-state index contributed by atoms with van der Waals surface area (Å²) in [5.74, 6) is -0.683. The fraction of sp³-hybridized carbons (Fsp3) is 0.214. The number of nitrogens with zero attached hydrogens (tertiary/aromatic N) is 1. The Balaban J connectivity index is 1.88. The lowest BCUT2D eigenvalue weighted by atomic mass is 10.1. The van der Waals surface area contributed by atoms with Gasteiger partial charge in [0.25, 0.3) is 0 Å². The lowest BCUT2D eigenvalue weighted by Gasteiger charge is -2.14. The van der Waals surface area contributed by atoms with Gasteiger partial charge < -0.3 is 5.73 Å². The maximum Gasteiger partial charge on any atom is 0.242 e. The van der Waals surface area contributed by atoms with Crippen LogP contribution >= 0.6 is 0 Å². The number of hydrogen-bond acceptors (Lipinski definition) is 4. The second-order valence-corrected chi connectivity index (χ2v) is 6.72. The van der Waals surface area contributed by atoms with Gasteiger partial charge in [0.2, 0.25) is 10.0 Å². The molecule has 1 atom stereocenters. The number of pyridine rings is 1. The zero-order valence-corrected chi connectivity index (χ0v) is 11.9. The predicted octanol–water partition coefficient (Wildman–Crippen LogP) is 1.77. The van der Waals surface area contributed by atoms with Crippen LogP contribution in [0.4, 0.5) is 10.1 Å². The molecule has 1 aliphatic carbocycles. The van der Waals surface area contributed by atoms with Gasteiger partial charge in [0.05, 0.1) is 6.20 Å². The number of rotatable bonds is 3. The van der Waals surface area contributed by atoms with Gasteiger partial charge in [-0.1, -0.05) is 6.07 Å². The van der Waals surface area contributed by atoms with Gasteiger partial charge >= 0.3 is 0 Å². The molecule has 1 aliphatic rings. The van der Waals surface area contributed by atoms with E-state index in [1.54, 1.807) is 6.07 Å². The van der Waals surface area contributed by atoms with E-state index in [4.69, 9.17) is 5.73 Å². The average molecular weight is 307 g/mol. The Labute approximate surface area is 122 Å². The molecule has 0 bridgehead atoms. The van der Waals surface area contributed by atoms with Gasteiger partial charge in [-0.3, -0.25) is 4.98 Å². The third-order valence-electron chi connectivity index (χ3n) is 3.53. The lowest BCUT2D eigenvalue weighted by molar-refractivity contribution is 0.551. The summed E-state index contributed by atoms with van der Waals surface area (Å²) in [6.45, 7) is 0. The van der Waals surface area contributed by atoms with Crippen LogP contribution in [0.2, 0.25) is 0 Å². The van der Waals surface area contributed by atoms with Crippen LogP contribution in [0.1, 0.15) is 23.6 Å². The quantitative estimate of drug-likeness (QED) is 0.846. The Hall–Kier alpha value is -1.99. The zero-order chi connectivity index (χ0) is 15.0. The van der Waals surface area contributed by atoms with Crippen molar-refractivity contribution in [2.24, 2.45) is 0 Å². The van der Waals surface area contributed by atoms with Crippen molar-refractivity contribution in [3.63, 3.8) is 0 Å². The smallest absolute Gasteiger partial charge is 0.242 e. The molecule has 0 amide bonds. The first-order valence-electron chi connectivity index (χ1n) is 6.47. The standard InChI is InChI=1S/C14H14FN3O2S/c15-10-6-12(8-17-7-10)21(19,20)18-14-4-1-9-5-11(16)2-3-13(9)14/h2-3,5-8,14,18H,1,4,16H2. The molecule has 3 N–H and O–H groups in total. The van der Waals surface area contributed by atoms with E-state index in [0.29, 0.717) is 12.1 Å². The molecule has 2 aromatic rings. The highest BCUT2D eigenvalue weighted by Crippen LogP contribution is 2.33. The second-order valence-electron chi connectivity index (χ2n) is 5.01. The molecule has 110 valence electrons. The molecule has 1 unspecified atom stereocenters. The summed E-state index contributed by atoms with van der Waals surface area (Å²) in [5, 5.41) is 0. The summed E-state index contributed by atoms with van der Waals surface area (Å²) in [7, 11) is -3.80. The van der Waals surface area contributed by atoms with Crippen molar-refractivity contribution >= 4 is 15.7 Å². The van der Waals surface area contributed by atoms with Gasteiger partial charge in [-0.15, -0.1) is 0 Å². The van der Waals surface area contributed by atoms with E-state index in [1.165, 1.54) is 0 Å². The third kappa shape index (κ3) is 2.74. The molecule has 0 spiro atoms. The van der Waals surface area contributed by atoms with E-state index in [2.05, 4.69) is 9.71 Å². The molecular weight excluding hydrogens is 293 g/mol. The number of fused-ring (bicyclic) bond motifs is 1. The molecular formula is C14H14FN3O2S. The Bertz CT molecular complexity index is 793. The number of anilines is 1. The lowest BCUT2D eigenvalue weighted by Crippen LogP contribution is -2.27. The number of nitrogen functional groups attached to an aromatic ring is 1. The summed E-state index contributed by atoms with van der Waals surface area (Å²) in [5.41, 5.74) is 8.34. The van der Waals surface area contributed by atoms with Crippen LogP contribution in [0.3, 0.4) is 0 Å². The van der Waals surface area contributed by atoms with Gasteiger partial charge in [-0.05, 0) is 42.2 Å². The minimum absolute atomic E-state index is 0.175. The Kier molecular flexibility index (Phi) is 3.38. The molecule has 1 aromatic heterocycles. The fourth-order valence-electron chi connectivity index (χ4n) is 2.55. The molecule has 0 radical (unpaired) electrons. The van der Waals surface area contributed by atoms with E-state index in [9.17, 15) is 12.8 Å². The SMILES string of the molecule is Nc1ccc2c(c1)CCC2NS(=O)(=O)c1cncc(F)c1. The molecule has 3 rings (SSSR count). The van der Waals surface area contributed by atoms with Gasteiger partial charge in [0, 0.05) is 17.9 Å². The molecule has 21 heavy (non-hydrogen) atoms. The first-order chi connectivity index (χ1) is 9.95. The van der Waals surface area contributed by atoms with E-state index in [-0.39, 0.29) is 10.9 Å². The van der Waals surface area contributed by atoms with Crippen molar-refractivity contribution in [2.45, 2.75) is 23.8 Å². The number of aryl methyl sites for hydroxylation is 1. The summed E-state index contributed by atoms with van der Waals surface area (Å²) in [4.78, 5) is 3.40. The largest absolute Gasteiger partial charge is 0.399 e. The predicted molar refractivity (Wildman–Crippen MR) is 76.4 cm³/mol. The Morgan fingerprint density at radius 2 is 2.10 bits per heavy atom. The summed E-state index contributed by atoms with van der Waals surface area (Å²) < 4.78 is 40.3.